The van der Waals surface area contributed by atoms with Crippen LogP contribution in [0.4, 0.5) is 23.1 Å². The van der Waals surface area contributed by atoms with Crippen molar-refractivity contribution in [1.82, 2.24) is 24.8 Å². The second-order valence-electron chi connectivity index (χ2n) is 8.01. The second kappa shape index (κ2) is 9.08. The molecule has 1 fully saturated rings. The van der Waals surface area contributed by atoms with Crippen molar-refractivity contribution in [2.24, 2.45) is 5.92 Å². The van der Waals surface area contributed by atoms with Gasteiger partial charge in [-0.1, -0.05) is 6.07 Å². The second-order valence-corrected chi connectivity index (χ2v) is 8.01. The van der Waals surface area contributed by atoms with Crippen molar-refractivity contribution in [3.05, 3.63) is 46.9 Å². The fourth-order valence-electron chi connectivity index (χ4n) is 3.88. The molecule has 11 heteroatoms. The van der Waals surface area contributed by atoms with Crippen molar-refractivity contribution in [3.63, 3.8) is 0 Å². The van der Waals surface area contributed by atoms with Gasteiger partial charge >= 0.3 is 0 Å². The lowest BCUT2D eigenvalue weighted by molar-refractivity contribution is -0.384. The summed E-state index contributed by atoms with van der Waals surface area (Å²) in [7, 11) is 3.58. The molecule has 0 radical (unpaired) electrons. The Bertz CT molecular complexity index is 1140. The third kappa shape index (κ3) is 4.71. The average Bonchev–Trinajstić information content (AvgIpc) is 2.79. The van der Waals surface area contributed by atoms with Gasteiger partial charge in [0.05, 0.1) is 11.1 Å². The molecule has 0 atom stereocenters. The molecule has 0 spiro atoms. The van der Waals surface area contributed by atoms with E-state index in [1.54, 1.807) is 37.3 Å². The van der Waals surface area contributed by atoms with Gasteiger partial charge in [0.25, 0.3) is 5.69 Å². The molecule has 1 aliphatic rings. The molecule has 0 bridgehead atoms. The van der Waals surface area contributed by atoms with Gasteiger partial charge in [-0.15, -0.1) is 0 Å². The first kappa shape index (κ1) is 21.3. The van der Waals surface area contributed by atoms with Crippen LogP contribution in [0.1, 0.15) is 25.7 Å². The number of carbonyl (C=O) groups excluding carboxylic acids is 1. The van der Waals surface area contributed by atoms with E-state index < -0.39 is 4.92 Å². The lowest BCUT2D eigenvalue weighted by Gasteiger charge is -2.29. The predicted octanol–water partition coefficient (Wildman–Crippen LogP) is 3.13. The maximum Gasteiger partial charge on any atom is 0.271 e. The van der Waals surface area contributed by atoms with E-state index in [0.29, 0.717) is 28.5 Å². The van der Waals surface area contributed by atoms with Crippen molar-refractivity contribution in [3.8, 4) is 0 Å². The lowest BCUT2D eigenvalue weighted by Crippen LogP contribution is -2.35. The van der Waals surface area contributed by atoms with Crippen molar-refractivity contribution in [1.29, 1.82) is 0 Å². The predicted molar refractivity (Wildman–Crippen MR) is 120 cm³/mol. The first-order valence-electron chi connectivity index (χ1n) is 10.4. The number of hydrogen-bond acceptors (Lipinski definition) is 9. The Hall–Kier alpha value is -3.89. The maximum absolute atomic E-state index is 12.2. The fourth-order valence-corrected chi connectivity index (χ4v) is 3.88. The van der Waals surface area contributed by atoms with E-state index in [-0.39, 0.29) is 23.6 Å². The summed E-state index contributed by atoms with van der Waals surface area (Å²) < 4.78 is 0. The van der Waals surface area contributed by atoms with Gasteiger partial charge in [0.15, 0.2) is 5.82 Å². The number of rotatable bonds is 6. The minimum absolute atomic E-state index is 0.0197. The molecule has 166 valence electrons. The van der Waals surface area contributed by atoms with Crippen LogP contribution in [-0.2, 0) is 4.79 Å². The zero-order chi connectivity index (χ0) is 22.7. The Morgan fingerprint density at radius 3 is 2.66 bits per heavy atom. The van der Waals surface area contributed by atoms with E-state index in [0.717, 1.165) is 25.7 Å². The third-order valence-corrected chi connectivity index (χ3v) is 5.55. The quantitative estimate of drug-likeness (QED) is 0.440. The summed E-state index contributed by atoms with van der Waals surface area (Å²) in [6, 6.07) is 6.35. The van der Waals surface area contributed by atoms with Crippen molar-refractivity contribution in [2.75, 3.05) is 24.7 Å². The zero-order valence-corrected chi connectivity index (χ0v) is 17.9. The summed E-state index contributed by atoms with van der Waals surface area (Å²) in [6.45, 7) is 0. The van der Waals surface area contributed by atoms with Gasteiger partial charge in [0.2, 0.25) is 11.9 Å². The van der Waals surface area contributed by atoms with E-state index >= 15 is 0 Å². The van der Waals surface area contributed by atoms with Crippen LogP contribution in [0.25, 0.3) is 11.0 Å². The van der Waals surface area contributed by atoms with Crippen molar-refractivity contribution in [2.45, 2.75) is 31.7 Å². The van der Waals surface area contributed by atoms with Crippen LogP contribution in [0.15, 0.2) is 36.8 Å². The molecule has 2 N–H and O–H groups in total. The molecule has 0 aliphatic heterocycles. The summed E-state index contributed by atoms with van der Waals surface area (Å²) in [6.07, 6.45) is 6.37. The molecule has 0 unspecified atom stereocenters. The number of anilines is 3. The van der Waals surface area contributed by atoms with Crippen LogP contribution in [0.3, 0.4) is 0 Å². The van der Waals surface area contributed by atoms with Gasteiger partial charge in [-0.2, -0.15) is 0 Å². The SMILES string of the molecule is CN(C)C(=O)C1CCC(Nc2ncc3ncnc(Nc4cccc([N+](=O)[O-])c4)c3n2)CC1. The number of nitrogens with zero attached hydrogens (tertiary/aromatic N) is 6. The number of benzene rings is 1. The highest BCUT2D eigenvalue weighted by Gasteiger charge is 2.27. The van der Waals surface area contributed by atoms with E-state index in [4.69, 9.17) is 0 Å². The highest BCUT2D eigenvalue weighted by Crippen LogP contribution is 2.28. The molecule has 4 rings (SSSR count). The molecule has 1 aromatic carbocycles. The molecule has 1 saturated carbocycles. The number of nitro groups is 1. The number of nitro benzene ring substituents is 1. The van der Waals surface area contributed by atoms with E-state index in [2.05, 4.69) is 30.6 Å². The molecule has 2 aromatic heterocycles. The first-order valence-corrected chi connectivity index (χ1v) is 10.4. The van der Waals surface area contributed by atoms with Gasteiger partial charge in [-0.25, -0.2) is 19.9 Å². The topological polar surface area (TPSA) is 139 Å². The zero-order valence-electron chi connectivity index (χ0n) is 17.9. The van der Waals surface area contributed by atoms with E-state index in [1.807, 2.05) is 0 Å². The Morgan fingerprint density at radius 2 is 1.94 bits per heavy atom. The van der Waals surface area contributed by atoms with Crippen LogP contribution in [0.2, 0.25) is 0 Å². The highest BCUT2D eigenvalue weighted by atomic mass is 16.6. The number of carbonyl (C=O) groups is 1. The minimum atomic E-state index is -0.450. The molecule has 11 nitrogen and oxygen atoms in total. The number of hydrogen-bond donors (Lipinski definition) is 2. The Morgan fingerprint density at radius 1 is 1.16 bits per heavy atom. The molecule has 32 heavy (non-hydrogen) atoms. The van der Waals surface area contributed by atoms with Crippen LogP contribution < -0.4 is 10.6 Å². The average molecular weight is 436 g/mol. The van der Waals surface area contributed by atoms with E-state index in [9.17, 15) is 14.9 Å². The van der Waals surface area contributed by atoms with Crippen molar-refractivity contribution >= 4 is 40.1 Å². The van der Waals surface area contributed by atoms with Gasteiger partial charge in [0, 0.05) is 43.9 Å². The number of amides is 1. The van der Waals surface area contributed by atoms with Gasteiger partial charge in [-0.05, 0) is 31.7 Å². The molecule has 1 aliphatic carbocycles. The smallest absolute Gasteiger partial charge is 0.271 e. The molecule has 1 amide bonds. The Labute approximate surface area is 184 Å². The molecular formula is C21H24N8O3. The lowest BCUT2D eigenvalue weighted by atomic mass is 9.85. The standard InChI is InChI=1S/C21H24N8O3/c1-28(2)20(30)13-6-8-14(9-7-13)26-21-22-11-17-18(27-21)19(24-12-23-17)25-15-4-3-5-16(10-15)29(31)32/h3-5,10-14H,6-9H2,1-2H3,(H,22,26,27)(H,23,24,25). The normalized spacial score (nSPS) is 18.2. The molecule has 2 heterocycles. The summed E-state index contributed by atoms with van der Waals surface area (Å²) >= 11 is 0. The fraction of sp³-hybridized carbons (Fsp3) is 0.381. The third-order valence-electron chi connectivity index (χ3n) is 5.55. The molecular weight excluding hydrogens is 412 g/mol. The van der Waals surface area contributed by atoms with Gasteiger partial charge < -0.3 is 15.5 Å². The number of nitrogens with one attached hydrogen (secondary N) is 2. The van der Waals surface area contributed by atoms with Crippen molar-refractivity contribution < 1.29 is 9.72 Å². The Kier molecular flexibility index (Phi) is 6.06. The van der Waals surface area contributed by atoms with Crippen LogP contribution in [-0.4, -0.2) is 55.8 Å². The number of fused-ring (bicyclic) bond motifs is 1. The number of aromatic nitrogens is 4. The van der Waals surface area contributed by atoms with E-state index in [1.165, 1.54) is 18.5 Å². The Balaban J connectivity index is 1.50. The maximum atomic E-state index is 12.2. The van der Waals surface area contributed by atoms with Gasteiger partial charge in [0.1, 0.15) is 17.4 Å². The van der Waals surface area contributed by atoms with Crippen LogP contribution in [0, 0.1) is 16.0 Å². The van der Waals surface area contributed by atoms with Gasteiger partial charge in [-0.3, -0.25) is 14.9 Å². The summed E-state index contributed by atoms with van der Waals surface area (Å²) in [5, 5.41) is 17.5. The summed E-state index contributed by atoms with van der Waals surface area (Å²) in [5.41, 5.74) is 1.57. The first-order chi connectivity index (χ1) is 15.4. The summed E-state index contributed by atoms with van der Waals surface area (Å²) in [5.74, 6) is 1.14. The largest absolute Gasteiger partial charge is 0.351 e. The molecule has 3 aromatic rings. The monoisotopic (exact) mass is 436 g/mol. The van der Waals surface area contributed by atoms with Crippen LogP contribution >= 0.6 is 0 Å². The minimum Gasteiger partial charge on any atom is -0.351 e. The molecule has 0 saturated heterocycles. The number of non-ortho nitro benzene ring substituents is 1. The summed E-state index contributed by atoms with van der Waals surface area (Å²) in [4.78, 5) is 41.8. The van der Waals surface area contributed by atoms with Crippen LogP contribution in [0.5, 0.6) is 0 Å². The highest BCUT2D eigenvalue weighted by molar-refractivity contribution is 5.87.